The zero-order chi connectivity index (χ0) is 12.1. The summed E-state index contributed by atoms with van der Waals surface area (Å²) in [4.78, 5) is 8.23. The molecule has 1 fully saturated rings. The normalized spacial score (nSPS) is 24.6. The molecule has 0 bridgehead atoms. The van der Waals surface area contributed by atoms with Gasteiger partial charge >= 0.3 is 0 Å². The van der Waals surface area contributed by atoms with Crippen LogP contribution in [0.5, 0.6) is 0 Å². The summed E-state index contributed by atoms with van der Waals surface area (Å²) < 4.78 is 5.36. The molecule has 0 aliphatic heterocycles. The highest BCUT2D eigenvalue weighted by Crippen LogP contribution is 2.23. The van der Waals surface area contributed by atoms with Gasteiger partial charge in [-0.25, -0.2) is 9.97 Å². The Hall–Kier alpha value is -1.20. The number of hydrogen-bond acceptors (Lipinski definition) is 5. The Kier molecular flexibility index (Phi) is 4.28. The van der Waals surface area contributed by atoms with Crippen LogP contribution < -0.4 is 11.1 Å². The van der Waals surface area contributed by atoms with Crippen LogP contribution in [0.1, 0.15) is 31.2 Å². The predicted octanol–water partition coefficient (Wildman–Crippen LogP) is 1.30. The van der Waals surface area contributed by atoms with Gasteiger partial charge in [0.15, 0.2) is 0 Å². The lowest BCUT2D eigenvalue weighted by atomic mass is 9.93. The average Bonchev–Trinajstić information content (AvgIpc) is 2.40. The molecule has 0 amide bonds. The van der Waals surface area contributed by atoms with Crippen LogP contribution >= 0.6 is 0 Å². The van der Waals surface area contributed by atoms with E-state index >= 15 is 0 Å². The number of methoxy groups -OCH3 is 1. The number of nitrogens with one attached hydrogen (secondary N) is 1. The summed E-state index contributed by atoms with van der Waals surface area (Å²) in [5, 5.41) is 3.46. The fourth-order valence-electron chi connectivity index (χ4n) is 2.27. The van der Waals surface area contributed by atoms with Gasteiger partial charge in [-0.3, -0.25) is 0 Å². The van der Waals surface area contributed by atoms with E-state index in [4.69, 9.17) is 10.5 Å². The number of aromatic nitrogens is 2. The Balaban J connectivity index is 1.93. The summed E-state index contributed by atoms with van der Waals surface area (Å²) in [6, 6.07) is 0.474. The molecule has 2 rings (SSSR count). The molecule has 0 spiro atoms. The highest BCUT2D eigenvalue weighted by Gasteiger charge is 2.21. The Bertz CT molecular complexity index is 350. The fourth-order valence-corrected chi connectivity index (χ4v) is 2.27. The molecular weight excluding hydrogens is 216 g/mol. The Morgan fingerprint density at radius 3 is 2.82 bits per heavy atom. The number of ether oxygens (including phenoxy) is 1. The average molecular weight is 236 g/mol. The largest absolute Gasteiger partial charge is 0.381 e. The van der Waals surface area contributed by atoms with Gasteiger partial charge in [-0.15, -0.1) is 0 Å². The van der Waals surface area contributed by atoms with Crippen molar-refractivity contribution in [2.24, 2.45) is 5.73 Å². The molecule has 1 aliphatic rings. The first-order chi connectivity index (χ1) is 8.33. The molecular formula is C12H20N4O. The summed E-state index contributed by atoms with van der Waals surface area (Å²) in [5.41, 5.74) is 6.63. The van der Waals surface area contributed by atoms with Gasteiger partial charge < -0.3 is 15.8 Å². The molecule has 1 aromatic heterocycles. The lowest BCUT2D eigenvalue weighted by molar-refractivity contribution is 0.0681. The van der Waals surface area contributed by atoms with Gasteiger partial charge in [-0.05, 0) is 25.7 Å². The van der Waals surface area contributed by atoms with E-state index in [1.807, 2.05) is 0 Å². The Morgan fingerprint density at radius 1 is 1.41 bits per heavy atom. The third-order valence-electron chi connectivity index (χ3n) is 3.36. The fraction of sp³-hybridized carbons (Fsp3) is 0.667. The van der Waals surface area contributed by atoms with Crippen molar-refractivity contribution in [2.45, 2.75) is 44.4 Å². The van der Waals surface area contributed by atoms with Crippen molar-refractivity contribution >= 4 is 5.82 Å². The van der Waals surface area contributed by atoms with Gasteiger partial charge in [-0.1, -0.05) is 0 Å². The maximum absolute atomic E-state index is 5.66. The number of rotatable bonds is 4. The van der Waals surface area contributed by atoms with E-state index in [1.54, 1.807) is 19.6 Å². The van der Waals surface area contributed by atoms with Crippen molar-refractivity contribution < 1.29 is 4.74 Å². The van der Waals surface area contributed by atoms with Crippen molar-refractivity contribution in [3.8, 4) is 0 Å². The van der Waals surface area contributed by atoms with Gasteiger partial charge in [0.1, 0.15) is 12.1 Å². The van der Waals surface area contributed by atoms with Gasteiger partial charge in [-0.2, -0.15) is 0 Å². The van der Waals surface area contributed by atoms with Crippen LogP contribution in [0.25, 0.3) is 0 Å². The first-order valence-electron chi connectivity index (χ1n) is 6.11. The third kappa shape index (κ3) is 3.14. The summed E-state index contributed by atoms with van der Waals surface area (Å²) in [7, 11) is 1.79. The van der Waals surface area contributed by atoms with E-state index in [0.29, 0.717) is 18.7 Å². The van der Waals surface area contributed by atoms with Crippen molar-refractivity contribution in [1.82, 2.24) is 9.97 Å². The molecule has 1 heterocycles. The molecule has 1 aliphatic carbocycles. The summed E-state index contributed by atoms with van der Waals surface area (Å²) >= 11 is 0. The first kappa shape index (κ1) is 12.3. The van der Waals surface area contributed by atoms with Crippen molar-refractivity contribution in [2.75, 3.05) is 12.4 Å². The van der Waals surface area contributed by atoms with Crippen molar-refractivity contribution in [3.63, 3.8) is 0 Å². The second-order valence-electron chi connectivity index (χ2n) is 4.45. The zero-order valence-corrected chi connectivity index (χ0v) is 10.2. The van der Waals surface area contributed by atoms with Crippen molar-refractivity contribution in [3.05, 3.63) is 18.1 Å². The molecule has 17 heavy (non-hydrogen) atoms. The third-order valence-corrected chi connectivity index (χ3v) is 3.36. The molecule has 5 nitrogen and oxygen atoms in total. The van der Waals surface area contributed by atoms with Gasteiger partial charge in [0.05, 0.1) is 6.10 Å². The molecule has 0 saturated heterocycles. The van der Waals surface area contributed by atoms with E-state index in [1.165, 1.54) is 0 Å². The van der Waals surface area contributed by atoms with E-state index in [0.717, 1.165) is 37.1 Å². The van der Waals surface area contributed by atoms with E-state index < -0.39 is 0 Å². The highest BCUT2D eigenvalue weighted by atomic mass is 16.5. The Labute approximate surface area is 102 Å². The van der Waals surface area contributed by atoms with E-state index in [-0.39, 0.29) is 0 Å². The zero-order valence-electron chi connectivity index (χ0n) is 10.2. The molecule has 94 valence electrons. The SMILES string of the molecule is COC1CCC(Nc2ncncc2CN)CC1. The second-order valence-corrected chi connectivity index (χ2v) is 4.45. The monoisotopic (exact) mass is 236 g/mol. The number of nitrogens with zero attached hydrogens (tertiary/aromatic N) is 2. The van der Waals surface area contributed by atoms with E-state index in [2.05, 4.69) is 15.3 Å². The van der Waals surface area contributed by atoms with Crippen molar-refractivity contribution in [1.29, 1.82) is 0 Å². The van der Waals surface area contributed by atoms with Crippen LogP contribution in [0.4, 0.5) is 5.82 Å². The topological polar surface area (TPSA) is 73.1 Å². The molecule has 3 N–H and O–H groups in total. The molecule has 1 aromatic rings. The highest BCUT2D eigenvalue weighted by molar-refractivity contribution is 5.42. The van der Waals surface area contributed by atoms with Crippen LogP contribution in [0.15, 0.2) is 12.5 Å². The van der Waals surface area contributed by atoms with E-state index in [9.17, 15) is 0 Å². The second kappa shape index (κ2) is 5.93. The van der Waals surface area contributed by atoms with Crippen LogP contribution in [0.2, 0.25) is 0 Å². The molecule has 0 unspecified atom stereocenters. The van der Waals surface area contributed by atoms with Gasteiger partial charge in [0.2, 0.25) is 0 Å². The minimum Gasteiger partial charge on any atom is -0.381 e. The lowest BCUT2D eigenvalue weighted by Crippen LogP contribution is -2.30. The van der Waals surface area contributed by atoms with Gasteiger partial charge in [0.25, 0.3) is 0 Å². The lowest BCUT2D eigenvalue weighted by Gasteiger charge is -2.28. The van der Waals surface area contributed by atoms with Crippen LogP contribution in [0, 0.1) is 0 Å². The minimum atomic E-state index is 0.424. The minimum absolute atomic E-state index is 0.424. The first-order valence-corrected chi connectivity index (χ1v) is 6.11. The van der Waals surface area contributed by atoms with Gasteiger partial charge in [0, 0.05) is 31.5 Å². The molecule has 0 atom stereocenters. The molecule has 5 heteroatoms. The summed E-state index contributed by atoms with van der Waals surface area (Å²) in [6.07, 6.45) is 8.21. The van der Waals surface area contributed by atoms with Crippen LogP contribution in [-0.2, 0) is 11.3 Å². The maximum atomic E-state index is 5.66. The predicted molar refractivity (Wildman–Crippen MR) is 66.6 cm³/mol. The number of anilines is 1. The standard InChI is InChI=1S/C12H20N4O/c1-17-11-4-2-10(3-5-11)16-12-9(6-13)7-14-8-15-12/h7-8,10-11H,2-6,13H2,1H3,(H,14,15,16). The Morgan fingerprint density at radius 2 is 2.18 bits per heavy atom. The molecule has 1 saturated carbocycles. The van der Waals surface area contributed by atoms with Crippen LogP contribution in [-0.4, -0.2) is 29.2 Å². The quantitative estimate of drug-likeness (QED) is 0.824. The number of hydrogen-bond donors (Lipinski definition) is 2. The summed E-state index contributed by atoms with van der Waals surface area (Å²) in [5.74, 6) is 0.878. The van der Waals surface area contributed by atoms with Crippen LogP contribution in [0.3, 0.4) is 0 Å². The smallest absolute Gasteiger partial charge is 0.134 e. The maximum Gasteiger partial charge on any atom is 0.134 e. The number of nitrogens with two attached hydrogens (primary N) is 1. The molecule has 0 aromatic carbocycles. The summed E-state index contributed by atoms with van der Waals surface area (Å²) in [6.45, 7) is 0.469. The molecule has 0 radical (unpaired) electrons.